The van der Waals surface area contributed by atoms with Crippen molar-refractivity contribution in [2.75, 3.05) is 26.1 Å². The number of hydrogen-bond acceptors (Lipinski definition) is 4. The quantitative estimate of drug-likeness (QED) is 0.872. The van der Waals surface area contributed by atoms with Crippen LogP contribution in [0.2, 0.25) is 0 Å². The van der Waals surface area contributed by atoms with Crippen molar-refractivity contribution >= 4 is 5.69 Å². The standard InChI is InChI=1S/C16H20N2O2/c1-4-9-17-12-8-10-18-14(11-12)13-6-5-7-15(19-2)16(13)20-3/h5-8,10-11H,4,9H2,1-3H3,(H,17,18). The van der Waals surface area contributed by atoms with Crippen molar-refractivity contribution in [1.29, 1.82) is 0 Å². The van der Waals surface area contributed by atoms with Crippen LogP contribution < -0.4 is 14.8 Å². The van der Waals surface area contributed by atoms with E-state index in [0.29, 0.717) is 11.5 Å². The number of pyridine rings is 1. The number of para-hydroxylation sites is 1. The van der Waals surface area contributed by atoms with Gasteiger partial charge in [0, 0.05) is 24.0 Å². The molecule has 2 rings (SSSR count). The third-order valence-corrected chi connectivity index (χ3v) is 3.02. The molecule has 1 aromatic heterocycles. The minimum absolute atomic E-state index is 0.704. The normalized spacial score (nSPS) is 10.2. The lowest BCUT2D eigenvalue weighted by Crippen LogP contribution is -2.00. The topological polar surface area (TPSA) is 43.4 Å². The molecule has 0 spiro atoms. The van der Waals surface area contributed by atoms with Gasteiger partial charge in [-0.15, -0.1) is 0 Å². The summed E-state index contributed by atoms with van der Waals surface area (Å²) in [6.07, 6.45) is 2.88. The van der Waals surface area contributed by atoms with E-state index in [4.69, 9.17) is 9.47 Å². The first-order valence-electron chi connectivity index (χ1n) is 6.71. The third kappa shape index (κ3) is 3.02. The van der Waals surface area contributed by atoms with Gasteiger partial charge in [-0.25, -0.2) is 0 Å². The molecule has 1 N–H and O–H groups in total. The molecule has 0 radical (unpaired) electrons. The van der Waals surface area contributed by atoms with E-state index in [2.05, 4.69) is 17.2 Å². The second kappa shape index (κ2) is 6.80. The number of hydrogen-bond donors (Lipinski definition) is 1. The van der Waals surface area contributed by atoms with Crippen molar-refractivity contribution in [2.24, 2.45) is 0 Å². The summed E-state index contributed by atoms with van der Waals surface area (Å²) in [6, 6.07) is 9.78. The highest BCUT2D eigenvalue weighted by molar-refractivity contribution is 5.73. The van der Waals surface area contributed by atoms with E-state index in [0.717, 1.165) is 29.9 Å². The number of nitrogens with zero attached hydrogens (tertiary/aromatic N) is 1. The van der Waals surface area contributed by atoms with Gasteiger partial charge in [0.25, 0.3) is 0 Å². The average Bonchev–Trinajstić information content (AvgIpc) is 2.52. The Balaban J connectivity index is 2.40. The van der Waals surface area contributed by atoms with Crippen molar-refractivity contribution in [3.63, 3.8) is 0 Å². The van der Waals surface area contributed by atoms with Crippen molar-refractivity contribution in [3.05, 3.63) is 36.5 Å². The molecule has 106 valence electrons. The number of nitrogens with one attached hydrogen (secondary N) is 1. The van der Waals surface area contributed by atoms with Gasteiger partial charge >= 0.3 is 0 Å². The molecule has 1 aromatic carbocycles. The van der Waals surface area contributed by atoms with Crippen LogP contribution >= 0.6 is 0 Å². The van der Waals surface area contributed by atoms with Gasteiger partial charge in [-0.2, -0.15) is 0 Å². The summed E-state index contributed by atoms with van der Waals surface area (Å²) in [5.74, 6) is 1.41. The molecule has 0 saturated heterocycles. The molecular weight excluding hydrogens is 252 g/mol. The van der Waals surface area contributed by atoms with Crippen LogP contribution in [-0.2, 0) is 0 Å². The van der Waals surface area contributed by atoms with Gasteiger partial charge in [-0.3, -0.25) is 4.98 Å². The lowest BCUT2D eigenvalue weighted by Gasteiger charge is -2.13. The zero-order valence-electron chi connectivity index (χ0n) is 12.1. The summed E-state index contributed by atoms with van der Waals surface area (Å²) in [5, 5.41) is 3.36. The van der Waals surface area contributed by atoms with Crippen LogP contribution in [0.3, 0.4) is 0 Å². The van der Waals surface area contributed by atoms with Crippen LogP contribution in [0.1, 0.15) is 13.3 Å². The van der Waals surface area contributed by atoms with Gasteiger partial charge in [0.15, 0.2) is 11.5 Å². The number of ether oxygens (including phenoxy) is 2. The van der Waals surface area contributed by atoms with E-state index < -0.39 is 0 Å². The zero-order chi connectivity index (χ0) is 14.4. The molecule has 0 bridgehead atoms. The summed E-state index contributed by atoms with van der Waals surface area (Å²) in [4.78, 5) is 4.43. The average molecular weight is 272 g/mol. The van der Waals surface area contributed by atoms with Crippen LogP contribution in [0.4, 0.5) is 5.69 Å². The number of benzene rings is 1. The van der Waals surface area contributed by atoms with Gasteiger partial charge in [0.1, 0.15) is 0 Å². The molecule has 0 unspecified atom stereocenters. The van der Waals surface area contributed by atoms with Crippen molar-refractivity contribution in [3.8, 4) is 22.8 Å². The van der Waals surface area contributed by atoms with Gasteiger partial charge in [0.05, 0.1) is 19.9 Å². The summed E-state index contributed by atoms with van der Waals surface area (Å²) < 4.78 is 10.8. The van der Waals surface area contributed by atoms with Crippen molar-refractivity contribution in [1.82, 2.24) is 4.98 Å². The zero-order valence-corrected chi connectivity index (χ0v) is 12.1. The largest absolute Gasteiger partial charge is 0.493 e. The highest BCUT2D eigenvalue weighted by atomic mass is 16.5. The second-order valence-electron chi connectivity index (χ2n) is 4.40. The maximum absolute atomic E-state index is 5.46. The Morgan fingerprint density at radius 1 is 1.15 bits per heavy atom. The third-order valence-electron chi connectivity index (χ3n) is 3.02. The van der Waals surface area contributed by atoms with Gasteiger partial charge in [-0.1, -0.05) is 13.0 Å². The van der Waals surface area contributed by atoms with Crippen LogP contribution in [0.5, 0.6) is 11.5 Å². The van der Waals surface area contributed by atoms with E-state index in [-0.39, 0.29) is 0 Å². The first-order valence-corrected chi connectivity index (χ1v) is 6.71. The summed E-state index contributed by atoms with van der Waals surface area (Å²) in [5.41, 5.74) is 2.84. The van der Waals surface area contributed by atoms with Gasteiger partial charge < -0.3 is 14.8 Å². The van der Waals surface area contributed by atoms with Crippen LogP contribution in [0.15, 0.2) is 36.5 Å². The Hall–Kier alpha value is -2.23. The molecule has 4 nitrogen and oxygen atoms in total. The molecular formula is C16H20N2O2. The highest BCUT2D eigenvalue weighted by Crippen LogP contribution is 2.37. The first kappa shape index (κ1) is 14.2. The molecule has 0 aliphatic rings. The monoisotopic (exact) mass is 272 g/mol. The predicted molar refractivity (Wildman–Crippen MR) is 81.6 cm³/mol. The fourth-order valence-electron chi connectivity index (χ4n) is 2.05. The first-order chi connectivity index (χ1) is 9.80. The van der Waals surface area contributed by atoms with E-state index in [1.54, 1.807) is 20.4 Å². The lowest BCUT2D eigenvalue weighted by molar-refractivity contribution is 0.356. The maximum atomic E-state index is 5.46. The molecule has 0 amide bonds. The van der Waals surface area contributed by atoms with Crippen LogP contribution in [0, 0.1) is 0 Å². The molecule has 20 heavy (non-hydrogen) atoms. The predicted octanol–water partition coefficient (Wildman–Crippen LogP) is 3.59. The van der Waals surface area contributed by atoms with Crippen molar-refractivity contribution in [2.45, 2.75) is 13.3 Å². The van der Waals surface area contributed by atoms with Crippen molar-refractivity contribution < 1.29 is 9.47 Å². The molecule has 0 aliphatic heterocycles. The molecule has 1 heterocycles. The Kier molecular flexibility index (Phi) is 4.82. The Bertz CT molecular complexity index is 570. The second-order valence-corrected chi connectivity index (χ2v) is 4.40. The summed E-state index contributed by atoms with van der Waals surface area (Å²) >= 11 is 0. The molecule has 4 heteroatoms. The maximum Gasteiger partial charge on any atom is 0.170 e. The molecule has 0 fully saturated rings. The molecule has 2 aromatic rings. The highest BCUT2D eigenvalue weighted by Gasteiger charge is 2.12. The number of aromatic nitrogens is 1. The fraction of sp³-hybridized carbons (Fsp3) is 0.312. The SMILES string of the molecule is CCCNc1ccnc(-c2cccc(OC)c2OC)c1. The minimum atomic E-state index is 0.704. The molecule has 0 saturated carbocycles. The summed E-state index contributed by atoms with van der Waals surface area (Å²) in [7, 11) is 3.27. The Morgan fingerprint density at radius 3 is 2.70 bits per heavy atom. The number of methoxy groups -OCH3 is 2. The lowest BCUT2D eigenvalue weighted by atomic mass is 10.1. The van der Waals surface area contributed by atoms with E-state index >= 15 is 0 Å². The van der Waals surface area contributed by atoms with E-state index in [1.807, 2.05) is 30.3 Å². The van der Waals surface area contributed by atoms with Gasteiger partial charge in [0.2, 0.25) is 0 Å². The van der Waals surface area contributed by atoms with E-state index in [9.17, 15) is 0 Å². The number of rotatable bonds is 6. The van der Waals surface area contributed by atoms with Crippen LogP contribution in [-0.4, -0.2) is 25.7 Å². The fourth-order valence-corrected chi connectivity index (χ4v) is 2.05. The van der Waals surface area contributed by atoms with Crippen LogP contribution in [0.25, 0.3) is 11.3 Å². The Labute approximate surface area is 119 Å². The molecule has 0 aliphatic carbocycles. The molecule has 0 atom stereocenters. The van der Waals surface area contributed by atoms with Gasteiger partial charge in [-0.05, 0) is 30.7 Å². The summed E-state index contributed by atoms with van der Waals surface area (Å²) in [6.45, 7) is 3.08. The Morgan fingerprint density at radius 2 is 2.00 bits per heavy atom. The number of anilines is 1. The van der Waals surface area contributed by atoms with E-state index in [1.165, 1.54) is 0 Å². The smallest absolute Gasteiger partial charge is 0.170 e. The minimum Gasteiger partial charge on any atom is -0.493 e.